The molecule has 2 aromatic heterocycles. The summed E-state index contributed by atoms with van der Waals surface area (Å²) in [6, 6.07) is 10.5. The van der Waals surface area contributed by atoms with Crippen molar-refractivity contribution >= 4 is 45.4 Å². The molecule has 32 heavy (non-hydrogen) atoms. The molecule has 7 rings (SSSR count). The summed E-state index contributed by atoms with van der Waals surface area (Å²) in [7, 11) is 0. The second-order valence-electron chi connectivity index (χ2n) is 9.96. The molecule has 0 aliphatic heterocycles. The van der Waals surface area contributed by atoms with E-state index in [1.54, 1.807) is 11.3 Å². The average Bonchev–Trinajstić information content (AvgIpc) is 3.35. The van der Waals surface area contributed by atoms with Crippen LogP contribution in [0.15, 0.2) is 41.9 Å². The Morgan fingerprint density at radius 1 is 1.12 bits per heavy atom. The average molecular weight is 483 g/mol. The van der Waals surface area contributed by atoms with Crippen LogP contribution in [-0.2, 0) is 5.75 Å². The lowest BCUT2D eigenvalue weighted by molar-refractivity contribution is -0.0101. The van der Waals surface area contributed by atoms with Crippen molar-refractivity contribution in [3.63, 3.8) is 0 Å². The van der Waals surface area contributed by atoms with Crippen LogP contribution in [0.25, 0.3) is 16.2 Å². The van der Waals surface area contributed by atoms with Crippen LogP contribution in [0.3, 0.4) is 0 Å². The van der Waals surface area contributed by atoms with Gasteiger partial charge in [0.15, 0.2) is 10.1 Å². The van der Waals surface area contributed by atoms with Crippen molar-refractivity contribution in [2.24, 2.45) is 17.8 Å². The van der Waals surface area contributed by atoms with Gasteiger partial charge >= 0.3 is 0 Å². The minimum absolute atomic E-state index is 0.290. The first-order chi connectivity index (χ1) is 15.7. The zero-order valence-electron chi connectivity index (χ0n) is 18.3. The second-order valence-corrected chi connectivity index (χ2v) is 12.3. The molecule has 4 bridgehead atoms. The number of aromatic nitrogens is 2. The first-order valence-corrected chi connectivity index (χ1v) is 14.3. The van der Waals surface area contributed by atoms with Gasteiger partial charge in [0, 0.05) is 40.7 Å². The van der Waals surface area contributed by atoms with Crippen molar-refractivity contribution in [3.05, 3.63) is 47.6 Å². The van der Waals surface area contributed by atoms with Gasteiger partial charge in [-0.2, -0.15) is 11.8 Å². The van der Waals surface area contributed by atoms with Crippen LogP contribution in [0.1, 0.15) is 44.2 Å². The van der Waals surface area contributed by atoms with Crippen molar-refractivity contribution in [2.45, 2.75) is 49.8 Å². The van der Waals surface area contributed by atoms with E-state index in [1.807, 2.05) is 11.8 Å². The molecule has 4 aliphatic carbocycles. The van der Waals surface area contributed by atoms with Gasteiger partial charge in [0.25, 0.3) is 0 Å². The normalized spacial score (nSPS) is 28.3. The Morgan fingerprint density at radius 3 is 2.56 bits per heavy atom. The van der Waals surface area contributed by atoms with Gasteiger partial charge in [-0.1, -0.05) is 30.3 Å². The molecular weight excluding hydrogens is 453 g/mol. The zero-order chi connectivity index (χ0) is 21.5. The third kappa shape index (κ3) is 4.08. The van der Waals surface area contributed by atoms with Crippen LogP contribution in [0.2, 0.25) is 0 Å². The maximum atomic E-state index is 5.71. The Morgan fingerprint density at radius 2 is 1.84 bits per heavy atom. The van der Waals surface area contributed by atoms with E-state index in [4.69, 9.17) is 17.2 Å². The summed E-state index contributed by atoms with van der Waals surface area (Å²) in [6.45, 7) is 0.898. The first kappa shape index (κ1) is 21.0. The van der Waals surface area contributed by atoms with E-state index in [2.05, 4.69) is 56.9 Å². The summed E-state index contributed by atoms with van der Waals surface area (Å²) in [5.74, 6) is 4.79. The maximum Gasteiger partial charge on any atom is 0.194 e. The quantitative estimate of drug-likeness (QED) is 0.333. The fourth-order valence-corrected chi connectivity index (χ4v) is 8.66. The van der Waals surface area contributed by atoms with E-state index < -0.39 is 0 Å². The fourth-order valence-electron chi connectivity index (χ4n) is 6.75. The summed E-state index contributed by atoms with van der Waals surface area (Å²) < 4.78 is 2.24. The highest BCUT2D eigenvalue weighted by Gasteiger charge is 2.51. The molecule has 3 aromatic rings. The largest absolute Gasteiger partial charge is 0.362 e. The summed E-state index contributed by atoms with van der Waals surface area (Å²) in [5.41, 5.74) is 3.88. The molecule has 4 fully saturated rings. The van der Waals surface area contributed by atoms with E-state index in [0.29, 0.717) is 5.54 Å². The van der Waals surface area contributed by atoms with Crippen LogP contribution in [0.4, 0.5) is 0 Å². The number of hydrogen-bond acceptors (Lipinski definition) is 4. The van der Waals surface area contributed by atoms with E-state index >= 15 is 0 Å². The number of thioether (sulfide) groups is 1. The topological polar surface area (TPSA) is 41.4 Å². The number of benzene rings is 1. The predicted molar refractivity (Wildman–Crippen MR) is 139 cm³/mol. The predicted octanol–water partition coefficient (Wildman–Crippen LogP) is 5.73. The number of nitrogens with zero attached hydrogens (tertiary/aromatic N) is 2. The third-order valence-corrected chi connectivity index (χ3v) is 9.57. The van der Waals surface area contributed by atoms with Crippen LogP contribution in [-0.4, -0.2) is 32.3 Å². The Kier molecular flexibility index (Phi) is 5.68. The Labute approximate surface area is 203 Å². The van der Waals surface area contributed by atoms with Crippen molar-refractivity contribution in [1.29, 1.82) is 0 Å². The number of nitrogens with one attached hydrogen (secondary N) is 2. The van der Waals surface area contributed by atoms with Gasteiger partial charge < -0.3 is 10.6 Å². The molecule has 2 heterocycles. The SMILES string of the molecule is S=C(NCCSCc1c(-c2ccccc2)nc2sccn12)NC12CC3CC(CC(C3)C1)C2. The lowest BCUT2D eigenvalue weighted by Crippen LogP contribution is -2.61. The lowest BCUT2D eigenvalue weighted by atomic mass is 9.53. The van der Waals surface area contributed by atoms with E-state index in [-0.39, 0.29) is 0 Å². The van der Waals surface area contributed by atoms with Gasteiger partial charge in [-0.3, -0.25) is 4.40 Å². The van der Waals surface area contributed by atoms with Gasteiger partial charge in [-0.15, -0.1) is 11.3 Å². The molecule has 4 aliphatic rings. The zero-order valence-corrected chi connectivity index (χ0v) is 20.7. The van der Waals surface area contributed by atoms with Gasteiger partial charge in [-0.05, 0) is 68.5 Å². The fraction of sp³-hybridized carbons (Fsp3) is 0.520. The molecule has 0 amide bonds. The Bertz CT molecular complexity index is 1070. The van der Waals surface area contributed by atoms with Gasteiger partial charge in [0.05, 0.1) is 11.4 Å². The number of imidazole rings is 1. The number of thiazole rings is 1. The summed E-state index contributed by atoms with van der Waals surface area (Å²) in [5, 5.41) is 10.2. The van der Waals surface area contributed by atoms with E-state index in [9.17, 15) is 0 Å². The molecule has 4 saturated carbocycles. The standard InChI is InChI=1S/C25H30N4S3/c30-23(28-25-13-17-10-18(14-25)12-19(11-17)15-25)26-6-8-31-16-21-22(20-4-2-1-3-5-20)27-24-29(21)7-9-32-24/h1-5,7,9,17-19H,6,8,10-16H2,(H2,26,28,30). The van der Waals surface area contributed by atoms with Crippen LogP contribution >= 0.6 is 35.3 Å². The molecule has 0 spiro atoms. The van der Waals surface area contributed by atoms with Gasteiger partial charge in [0.2, 0.25) is 0 Å². The molecule has 0 atom stereocenters. The first-order valence-electron chi connectivity index (χ1n) is 11.8. The molecular formula is C25H30N4S3. The minimum Gasteiger partial charge on any atom is -0.362 e. The molecule has 168 valence electrons. The number of rotatable bonds is 7. The summed E-state index contributed by atoms with van der Waals surface area (Å²) in [4.78, 5) is 5.96. The van der Waals surface area contributed by atoms with Gasteiger partial charge in [-0.25, -0.2) is 4.98 Å². The van der Waals surface area contributed by atoms with Crippen molar-refractivity contribution < 1.29 is 0 Å². The van der Waals surface area contributed by atoms with Crippen LogP contribution in [0, 0.1) is 17.8 Å². The van der Waals surface area contributed by atoms with Gasteiger partial charge in [0.1, 0.15) is 0 Å². The summed E-state index contributed by atoms with van der Waals surface area (Å²) in [6.07, 6.45) is 10.5. The highest BCUT2D eigenvalue weighted by Crippen LogP contribution is 2.55. The number of fused-ring (bicyclic) bond motifs is 1. The van der Waals surface area contributed by atoms with Crippen LogP contribution < -0.4 is 10.6 Å². The van der Waals surface area contributed by atoms with Crippen molar-refractivity contribution in [1.82, 2.24) is 20.0 Å². The van der Waals surface area contributed by atoms with Crippen molar-refractivity contribution in [2.75, 3.05) is 12.3 Å². The molecule has 0 radical (unpaired) electrons. The highest BCUT2D eigenvalue weighted by atomic mass is 32.2. The lowest BCUT2D eigenvalue weighted by Gasteiger charge is -2.57. The second kappa shape index (κ2) is 8.65. The monoisotopic (exact) mass is 482 g/mol. The molecule has 0 saturated heterocycles. The smallest absolute Gasteiger partial charge is 0.194 e. The minimum atomic E-state index is 0.290. The van der Waals surface area contributed by atoms with E-state index in [1.165, 1.54) is 49.8 Å². The van der Waals surface area contributed by atoms with E-state index in [0.717, 1.165) is 51.6 Å². The van der Waals surface area contributed by atoms with Crippen LogP contribution in [0.5, 0.6) is 0 Å². The molecule has 7 heteroatoms. The molecule has 1 aromatic carbocycles. The Hall–Kier alpha value is -1.57. The Balaban J connectivity index is 1.02. The molecule has 2 N–H and O–H groups in total. The third-order valence-electron chi connectivity index (χ3n) is 7.60. The number of hydrogen-bond donors (Lipinski definition) is 2. The number of thiocarbonyl (C=S) groups is 1. The highest BCUT2D eigenvalue weighted by molar-refractivity contribution is 7.98. The molecule has 0 unspecified atom stereocenters. The molecule has 4 nitrogen and oxygen atoms in total. The van der Waals surface area contributed by atoms with Crippen molar-refractivity contribution in [3.8, 4) is 11.3 Å². The summed E-state index contributed by atoms with van der Waals surface area (Å²) >= 11 is 9.35. The maximum absolute atomic E-state index is 5.71.